The topological polar surface area (TPSA) is 52.6 Å². The van der Waals surface area contributed by atoms with E-state index < -0.39 is 0 Å². The van der Waals surface area contributed by atoms with Crippen molar-refractivity contribution < 1.29 is 19.1 Å². The maximum atomic E-state index is 11.8. The first-order valence-corrected chi connectivity index (χ1v) is 12.5. The Morgan fingerprint density at radius 3 is 1.23 bits per heavy atom. The van der Waals surface area contributed by atoms with Crippen LogP contribution < -0.4 is 9.47 Å². The van der Waals surface area contributed by atoms with Crippen molar-refractivity contribution in [3.05, 3.63) is 25.4 Å². The number of carbonyl (C=O) groups is 2. The number of fused-ring (bicyclic) bond motifs is 5. The molecule has 0 saturated carbocycles. The molecule has 4 rings (SSSR count). The van der Waals surface area contributed by atoms with Gasteiger partial charge in [0.2, 0.25) is 0 Å². The molecule has 0 aliphatic carbocycles. The van der Waals surface area contributed by atoms with Crippen molar-refractivity contribution in [1.29, 1.82) is 0 Å². The zero-order valence-electron chi connectivity index (χ0n) is 14.6. The van der Waals surface area contributed by atoms with Gasteiger partial charge >= 0.3 is 11.9 Å². The fraction of sp³-hybridized carbons (Fsp3) is 0.333. The number of ether oxygens (including phenoxy) is 2. The van der Waals surface area contributed by atoms with Crippen molar-refractivity contribution in [2.75, 3.05) is 0 Å². The van der Waals surface area contributed by atoms with E-state index >= 15 is 0 Å². The normalized spacial score (nSPS) is 13.8. The van der Waals surface area contributed by atoms with Crippen LogP contribution in [-0.4, -0.2) is 11.9 Å². The summed E-state index contributed by atoms with van der Waals surface area (Å²) in [7, 11) is 0. The van der Waals surface area contributed by atoms with E-state index in [1.807, 2.05) is 27.7 Å². The molecule has 8 heteroatoms. The summed E-state index contributed by atoms with van der Waals surface area (Å²) in [6, 6.07) is 0. The van der Waals surface area contributed by atoms with E-state index in [-0.39, 0.29) is 11.9 Å². The zero-order valence-corrected chi connectivity index (χ0v) is 23.2. The summed E-state index contributed by atoms with van der Waals surface area (Å²) >= 11 is 8.99. The average molecular weight is 804 g/mol. The van der Waals surface area contributed by atoms with E-state index in [0.29, 0.717) is 24.3 Å². The Bertz CT molecular complexity index is 847. The van der Waals surface area contributed by atoms with Crippen molar-refractivity contribution in [1.82, 2.24) is 0 Å². The Balaban J connectivity index is 0.000000570. The molecular weight excluding hydrogens is 788 g/mol. The highest BCUT2D eigenvalue weighted by molar-refractivity contribution is 14.1. The summed E-state index contributed by atoms with van der Waals surface area (Å²) in [5.74, 6) is 0.773. The SMILES string of the molecule is CC.CC.O=C1Cc2c(I)c(I)c3c4c(c(I)c(I)c3c2O1)CC(=O)O4. The van der Waals surface area contributed by atoms with Gasteiger partial charge in [-0.05, 0) is 90.4 Å². The second-order valence-electron chi connectivity index (χ2n) is 4.92. The number of benzene rings is 2. The highest BCUT2D eigenvalue weighted by Crippen LogP contribution is 2.50. The summed E-state index contributed by atoms with van der Waals surface area (Å²) in [5.41, 5.74) is 1.86. The lowest BCUT2D eigenvalue weighted by Crippen LogP contribution is -2.01. The predicted octanol–water partition coefficient (Wildman–Crippen LogP) is 6.23. The maximum absolute atomic E-state index is 11.8. The van der Waals surface area contributed by atoms with Gasteiger partial charge < -0.3 is 9.47 Å². The Kier molecular flexibility index (Phi) is 8.23. The number of esters is 2. The summed E-state index contributed by atoms with van der Waals surface area (Å²) in [4.78, 5) is 23.5. The molecule has 0 bridgehead atoms. The lowest BCUT2D eigenvalue weighted by molar-refractivity contribution is -0.132. The predicted molar refractivity (Wildman–Crippen MR) is 136 cm³/mol. The highest BCUT2D eigenvalue weighted by atomic mass is 127. The van der Waals surface area contributed by atoms with Gasteiger partial charge in [0.15, 0.2) is 0 Å². The Labute approximate surface area is 207 Å². The molecule has 140 valence electrons. The molecule has 0 aromatic heterocycles. The third kappa shape index (κ3) is 3.72. The molecule has 2 aliphatic heterocycles. The maximum Gasteiger partial charge on any atom is 0.315 e. The van der Waals surface area contributed by atoms with Crippen LogP contribution in [0.1, 0.15) is 38.8 Å². The molecule has 4 nitrogen and oxygen atoms in total. The van der Waals surface area contributed by atoms with Crippen LogP contribution in [0.25, 0.3) is 10.8 Å². The van der Waals surface area contributed by atoms with E-state index in [9.17, 15) is 9.59 Å². The largest absolute Gasteiger partial charge is 0.425 e. The van der Waals surface area contributed by atoms with Gasteiger partial charge in [0.05, 0.1) is 12.8 Å². The summed E-state index contributed by atoms with van der Waals surface area (Å²) in [6.07, 6.45) is 0.589. The van der Waals surface area contributed by atoms with Gasteiger partial charge in [-0.25, -0.2) is 0 Å². The molecule has 0 atom stereocenters. The van der Waals surface area contributed by atoms with Crippen LogP contribution >= 0.6 is 90.4 Å². The van der Waals surface area contributed by atoms with E-state index in [1.54, 1.807) is 0 Å². The molecule has 2 aromatic carbocycles. The van der Waals surface area contributed by atoms with E-state index in [2.05, 4.69) is 90.4 Å². The monoisotopic (exact) mass is 804 g/mol. The minimum absolute atomic E-state index is 0.237. The third-order valence-corrected chi connectivity index (χ3v) is 10.3. The lowest BCUT2D eigenvalue weighted by Gasteiger charge is -2.15. The van der Waals surface area contributed by atoms with E-state index in [0.717, 1.165) is 36.2 Å². The van der Waals surface area contributed by atoms with Gasteiger partial charge in [-0.1, -0.05) is 27.7 Å². The van der Waals surface area contributed by atoms with Gasteiger partial charge in [0, 0.05) is 36.2 Å². The highest BCUT2D eigenvalue weighted by Gasteiger charge is 2.35. The van der Waals surface area contributed by atoms with Crippen molar-refractivity contribution >= 4 is 113 Å². The standard InChI is InChI=1S/C14H4I4O4.2C2H6/c15-9-3-1-5(19)21-13(3)7-8(11(9)17)14-4(2-6(20)22-14)10(16)12(7)18;2*1-2/h1-2H2;2*1-2H3. The molecule has 0 amide bonds. The quantitative estimate of drug-likeness (QED) is 0.180. The molecule has 26 heavy (non-hydrogen) atoms. The molecule has 2 heterocycles. The minimum atomic E-state index is -0.237. The van der Waals surface area contributed by atoms with Crippen LogP contribution in [0.5, 0.6) is 11.5 Å². The molecule has 0 spiro atoms. The second-order valence-corrected chi connectivity index (χ2v) is 9.24. The van der Waals surface area contributed by atoms with Crippen LogP contribution in [0.3, 0.4) is 0 Å². The van der Waals surface area contributed by atoms with Gasteiger partial charge in [0.1, 0.15) is 11.5 Å². The summed E-state index contributed by atoms with van der Waals surface area (Å²) in [5, 5.41) is 1.76. The van der Waals surface area contributed by atoms with Crippen LogP contribution in [0.4, 0.5) is 0 Å². The van der Waals surface area contributed by atoms with Crippen molar-refractivity contribution in [2.24, 2.45) is 0 Å². The number of hydrogen-bond acceptors (Lipinski definition) is 4. The summed E-state index contributed by atoms with van der Waals surface area (Å²) in [6.45, 7) is 8.00. The molecule has 0 unspecified atom stereocenters. The summed E-state index contributed by atoms with van der Waals surface area (Å²) < 4.78 is 15.0. The average Bonchev–Trinajstić information content (AvgIpc) is 3.22. The zero-order chi connectivity index (χ0) is 19.8. The van der Waals surface area contributed by atoms with E-state index in [1.165, 1.54) is 0 Å². The molecule has 0 saturated heterocycles. The molecule has 0 radical (unpaired) electrons. The minimum Gasteiger partial charge on any atom is -0.425 e. The fourth-order valence-electron chi connectivity index (χ4n) is 2.76. The Hall–Kier alpha value is 0.560. The molecule has 2 aromatic rings. The smallest absolute Gasteiger partial charge is 0.315 e. The third-order valence-electron chi connectivity index (χ3n) is 3.68. The molecular formula is C18H16I4O4. The Morgan fingerprint density at radius 1 is 0.615 bits per heavy atom. The van der Waals surface area contributed by atoms with Crippen molar-refractivity contribution in [2.45, 2.75) is 40.5 Å². The number of carbonyl (C=O) groups excluding carboxylic acids is 2. The van der Waals surface area contributed by atoms with Crippen LogP contribution in [0.2, 0.25) is 0 Å². The van der Waals surface area contributed by atoms with Gasteiger partial charge in [-0.3, -0.25) is 9.59 Å². The fourth-order valence-corrected chi connectivity index (χ4v) is 5.85. The Morgan fingerprint density at radius 2 is 0.923 bits per heavy atom. The van der Waals surface area contributed by atoms with Crippen LogP contribution in [0.15, 0.2) is 0 Å². The number of halogens is 4. The molecule has 2 aliphatic rings. The van der Waals surface area contributed by atoms with Crippen molar-refractivity contribution in [3.63, 3.8) is 0 Å². The van der Waals surface area contributed by atoms with Crippen LogP contribution in [0, 0.1) is 14.3 Å². The lowest BCUT2D eigenvalue weighted by atomic mass is 10.0. The van der Waals surface area contributed by atoms with Gasteiger partial charge in [-0.15, -0.1) is 0 Å². The van der Waals surface area contributed by atoms with Gasteiger partial charge in [0.25, 0.3) is 0 Å². The van der Waals surface area contributed by atoms with Crippen molar-refractivity contribution in [3.8, 4) is 11.5 Å². The number of rotatable bonds is 0. The second kappa shape index (κ2) is 9.37. The molecule has 0 fully saturated rings. The molecule has 0 N–H and O–H groups in total. The van der Waals surface area contributed by atoms with Crippen LogP contribution in [-0.2, 0) is 22.4 Å². The first kappa shape index (κ1) is 22.8. The first-order chi connectivity index (χ1) is 12.4. The van der Waals surface area contributed by atoms with Gasteiger partial charge in [-0.2, -0.15) is 0 Å². The van der Waals surface area contributed by atoms with E-state index in [4.69, 9.17) is 9.47 Å². The number of hydrogen-bond donors (Lipinski definition) is 0. The first-order valence-electron chi connectivity index (χ1n) is 8.14.